The Kier molecular flexibility index (Phi) is 6.37. The number of thioether (sulfide) groups is 1. The highest BCUT2D eigenvalue weighted by Gasteiger charge is 2.36. The summed E-state index contributed by atoms with van der Waals surface area (Å²) in [5.41, 5.74) is 3.60. The molecule has 2 amide bonds. The molecule has 1 unspecified atom stereocenters. The van der Waals surface area contributed by atoms with E-state index in [2.05, 4.69) is 5.32 Å². The molecule has 1 aliphatic heterocycles. The molecule has 0 radical (unpaired) electrons. The van der Waals surface area contributed by atoms with Crippen molar-refractivity contribution in [1.82, 2.24) is 4.90 Å². The van der Waals surface area contributed by atoms with Gasteiger partial charge in [0, 0.05) is 29.3 Å². The molecule has 0 bridgehead atoms. The van der Waals surface area contributed by atoms with Crippen LogP contribution in [0.1, 0.15) is 27.0 Å². The molecular formula is C25H23FN2O2S. The molecule has 1 N–H and O–H groups in total. The zero-order chi connectivity index (χ0) is 21.8. The first kappa shape index (κ1) is 21.1. The van der Waals surface area contributed by atoms with Crippen molar-refractivity contribution in [2.75, 3.05) is 11.1 Å². The van der Waals surface area contributed by atoms with Crippen LogP contribution in [0.15, 0.2) is 72.8 Å². The molecule has 4 rings (SSSR count). The lowest BCUT2D eigenvalue weighted by Crippen LogP contribution is -2.46. The van der Waals surface area contributed by atoms with Crippen molar-refractivity contribution in [3.05, 3.63) is 101 Å². The van der Waals surface area contributed by atoms with Crippen molar-refractivity contribution in [3.8, 4) is 0 Å². The highest BCUT2D eigenvalue weighted by atomic mass is 32.2. The number of halogens is 1. The molecule has 1 heterocycles. The number of nitrogens with one attached hydrogen (secondary N) is 1. The molecule has 0 spiro atoms. The molecule has 3 aromatic rings. The minimum Gasteiger partial charge on any atom is -0.324 e. The van der Waals surface area contributed by atoms with Crippen molar-refractivity contribution < 1.29 is 14.0 Å². The highest BCUT2D eigenvalue weighted by molar-refractivity contribution is 7.98. The third-order valence-electron chi connectivity index (χ3n) is 5.35. The SMILES string of the molecule is Cc1ccc(NC(=O)C(CSCc2ccccc2)N2Cc3ccccc3C2=O)cc1F. The number of rotatable bonds is 7. The number of hydrogen-bond donors (Lipinski definition) is 1. The van der Waals surface area contributed by atoms with E-state index >= 15 is 0 Å². The van der Waals surface area contributed by atoms with E-state index < -0.39 is 6.04 Å². The van der Waals surface area contributed by atoms with Gasteiger partial charge in [0.1, 0.15) is 11.9 Å². The van der Waals surface area contributed by atoms with Crippen LogP contribution >= 0.6 is 11.8 Å². The van der Waals surface area contributed by atoms with Crippen LogP contribution in [0.25, 0.3) is 0 Å². The van der Waals surface area contributed by atoms with E-state index in [1.807, 2.05) is 48.5 Å². The number of anilines is 1. The van der Waals surface area contributed by atoms with Gasteiger partial charge in [-0.25, -0.2) is 4.39 Å². The van der Waals surface area contributed by atoms with Gasteiger partial charge in [0.25, 0.3) is 5.91 Å². The van der Waals surface area contributed by atoms with Crippen LogP contribution in [0.4, 0.5) is 10.1 Å². The van der Waals surface area contributed by atoms with Crippen molar-refractivity contribution in [2.45, 2.75) is 25.3 Å². The molecule has 31 heavy (non-hydrogen) atoms. The summed E-state index contributed by atoms with van der Waals surface area (Å²) in [4.78, 5) is 27.8. The van der Waals surface area contributed by atoms with E-state index in [0.717, 1.165) is 16.9 Å². The van der Waals surface area contributed by atoms with Crippen LogP contribution in [-0.2, 0) is 17.1 Å². The number of nitrogens with zero attached hydrogens (tertiary/aromatic N) is 1. The Hall–Kier alpha value is -3.12. The molecule has 0 saturated heterocycles. The van der Waals surface area contributed by atoms with E-state index in [9.17, 15) is 14.0 Å². The number of benzene rings is 3. The van der Waals surface area contributed by atoms with Gasteiger partial charge in [0.2, 0.25) is 5.91 Å². The smallest absolute Gasteiger partial charge is 0.255 e. The maximum Gasteiger partial charge on any atom is 0.255 e. The Balaban J connectivity index is 1.52. The van der Waals surface area contributed by atoms with Crippen LogP contribution < -0.4 is 5.32 Å². The van der Waals surface area contributed by atoms with Gasteiger partial charge in [-0.2, -0.15) is 11.8 Å². The Morgan fingerprint density at radius 3 is 2.58 bits per heavy atom. The summed E-state index contributed by atoms with van der Waals surface area (Å²) in [6.07, 6.45) is 0. The normalized spacial score (nSPS) is 13.7. The summed E-state index contributed by atoms with van der Waals surface area (Å²) in [5.74, 6) is 0.335. The van der Waals surface area contributed by atoms with Gasteiger partial charge in [-0.05, 0) is 41.8 Å². The molecular weight excluding hydrogens is 411 g/mol. The second-order valence-electron chi connectivity index (χ2n) is 7.56. The summed E-state index contributed by atoms with van der Waals surface area (Å²) in [5, 5.41) is 2.80. The van der Waals surface area contributed by atoms with Gasteiger partial charge in [-0.15, -0.1) is 0 Å². The summed E-state index contributed by atoms with van der Waals surface area (Å²) < 4.78 is 13.9. The zero-order valence-corrected chi connectivity index (χ0v) is 18.0. The fourth-order valence-corrected chi connectivity index (χ4v) is 4.70. The van der Waals surface area contributed by atoms with Crippen molar-refractivity contribution >= 4 is 29.3 Å². The Morgan fingerprint density at radius 1 is 1.10 bits per heavy atom. The quantitative estimate of drug-likeness (QED) is 0.567. The second kappa shape index (κ2) is 9.35. The maximum atomic E-state index is 13.9. The number of amides is 2. The Morgan fingerprint density at radius 2 is 1.84 bits per heavy atom. The second-order valence-corrected chi connectivity index (χ2v) is 8.59. The van der Waals surface area contributed by atoms with Crippen LogP contribution in [0.2, 0.25) is 0 Å². The molecule has 1 atom stereocenters. The molecule has 0 saturated carbocycles. The third kappa shape index (κ3) is 4.80. The Labute approximate surface area is 185 Å². The van der Waals surface area contributed by atoms with Gasteiger partial charge >= 0.3 is 0 Å². The lowest BCUT2D eigenvalue weighted by molar-refractivity contribution is -0.119. The lowest BCUT2D eigenvalue weighted by Gasteiger charge is -2.27. The van der Waals surface area contributed by atoms with Crippen LogP contribution in [0.5, 0.6) is 0 Å². The standard InChI is InChI=1S/C25H23FN2O2S/c1-17-11-12-20(13-22(17)26)27-24(29)23(16-31-15-18-7-3-2-4-8-18)28-14-19-9-5-6-10-21(19)25(28)30/h2-13,23H,14-16H2,1H3,(H,27,29). The minimum absolute atomic E-state index is 0.147. The predicted octanol–water partition coefficient (Wildman–Crippen LogP) is 5.03. The monoisotopic (exact) mass is 434 g/mol. The lowest BCUT2D eigenvalue weighted by atomic mass is 10.1. The summed E-state index contributed by atoms with van der Waals surface area (Å²) in [7, 11) is 0. The van der Waals surface area contributed by atoms with Crippen LogP contribution in [0.3, 0.4) is 0 Å². The molecule has 0 aliphatic carbocycles. The van der Waals surface area contributed by atoms with Gasteiger partial charge in [-0.3, -0.25) is 9.59 Å². The maximum absolute atomic E-state index is 13.9. The van der Waals surface area contributed by atoms with E-state index in [0.29, 0.717) is 29.1 Å². The molecule has 3 aromatic carbocycles. The molecule has 1 aliphatic rings. The van der Waals surface area contributed by atoms with Crippen molar-refractivity contribution in [2.24, 2.45) is 0 Å². The number of carbonyl (C=O) groups excluding carboxylic acids is 2. The fourth-order valence-electron chi connectivity index (χ4n) is 3.59. The average molecular weight is 435 g/mol. The molecule has 4 nitrogen and oxygen atoms in total. The predicted molar refractivity (Wildman–Crippen MR) is 122 cm³/mol. The van der Waals surface area contributed by atoms with Gasteiger partial charge in [0.05, 0.1) is 0 Å². The van der Waals surface area contributed by atoms with Crippen LogP contribution in [0, 0.1) is 12.7 Å². The first-order chi connectivity index (χ1) is 15.0. The number of fused-ring (bicyclic) bond motifs is 1. The zero-order valence-electron chi connectivity index (χ0n) is 17.2. The largest absolute Gasteiger partial charge is 0.324 e. The molecule has 6 heteroatoms. The Bertz CT molecular complexity index is 1100. The van der Waals surface area contributed by atoms with E-state index in [-0.39, 0.29) is 17.6 Å². The summed E-state index contributed by atoms with van der Waals surface area (Å²) in [6, 6.07) is 21.4. The molecule has 0 aromatic heterocycles. The first-order valence-electron chi connectivity index (χ1n) is 10.1. The van der Waals surface area contributed by atoms with Gasteiger partial charge in [0.15, 0.2) is 0 Å². The van der Waals surface area contributed by atoms with E-state index in [1.54, 1.807) is 41.8 Å². The van der Waals surface area contributed by atoms with Gasteiger partial charge in [-0.1, -0.05) is 54.6 Å². The molecule has 0 fully saturated rings. The van der Waals surface area contributed by atoms with E-state index in [4.69, 9.17) is 0 Å². The summed E-state index contributed by atoms with van der Waals surface area (Å²) in [6.45, 7) is 2.06. The van der Waals surface area contributed by atoms with E-state index in [1.165, 1.54) is 6.07 Å². The number of carbonyl (C=O) groups is 2. The molecule has 158 valence electrons. The van der Waals surface area contributed by atoms with Gasteiger partial charge < -0.3 is 10.2 Å². The minimum atomic E-state index is -0.669. The third-order valence-corrected chi connectivity index (χ3v) is 6.44. The summed E-state index contributed by atoms with van der Waals surface area (Å²) >= 11 is 1.60. The number of hydrogen-bond acceptors (Lipinski definition) is 3. The fraction of sp³-hybridized carbons (Fsp3) is 0.200. The van der Waals surface area contributed by atoms with Crippen molar-refractivity contribution in [3.63, 3.8) is 0 Å². The van der Waals surface area contributed by atoms with Crippen molar-refractivity contribution in [1.29, 1.82) is 0 Å². The van der Waals surface area contributed by atoms with Crippen LogP contribution in [-0.4, -0.2) is 28.5 Å². The topological polar surface area (TPSA) is 49.4 Å². The number of aryl methyl sites for hydroxylation is 1. The average Bonchev–Trinajstić information content (AvgIpc) is 3.11. The first-order valence-corrected chi connectivity index (χ1v) is 11.3. The highest BCUT2D eigenvalue weighted by Crippen LogP contribution is 2.27.